The van der Waals surface area contributed by atoms with Crippen molar-refractivity contribution >= 4 is 21.7 Å². The summed E-state index contributed by atoms with van der Waals surface area (Å²) in [5, 5.41) is 10.0. The molecule has 0 spiro atoms. The Bertz CT molecular complexity index is 537. The number of hydrogen-bond donors (Lipinski definition) is 2. The largest absolute Gasteiger partial charge is 0.370 e. The Hall–Kier alpha value is -1.50. The second kappa shape index (κ2) is 5.64. The van der Waals surface area contributed by atoms with Gasteiger partial charge in [0.1, 0.15) is 28.4 Å². The first kappa shape index (κ1) is 12.5. The van der Waals surface area contributed by atoms with Gasteiger partial charge in [0.25, 0.3) is 0 Å². The van der Waals surface area contributed by atoms with Crippen molar-refractivity contribution in [1.82, 2.24) is 25.1 Å². The molecule has 0 bridgehead atoms. The summed E-state index contributed by atoms with van der Waals surface area (Å²) in [5.41, 5.74) is 0. The number of hydrogen-bond acceptors (Lipinski definition) is 5. The molecule has 0 amide bonds. The van der Waals surface area contributed by atoms with E-state index in [0.717, 1.165) is 41.5 Å². The number of nitrogens with one attached hydrogen (secondary N) is 2. The highest BCUT2D eigenvalue weighted by atomic mass is 79.9. The average molecular weight is 323 g/mol. The van der Waals surface area contributed by atoms with Crippen molar-refractivity contribution in [3.8, 4) is 0 Å². The molecule has 100 valence electrons. The fourth-order valence-corrected chi connectivity index (χ4v) is 2.27. The number of aromatic nitrogens is 5. The second-order valence-electron chi connectivity index (χ2n) is 4.67. The van der Waals surface area contributed by atoms with E-state index < -0.39 is 0 Å². The van der Waals surface area contributed by atoms with Gasteiger partial charge in [-0.3, -0.25) is 5.10 Å². The number of aryl methyl sites for hydroxylation is 1. The van der Waals surface area contributed by atoms with Crippen LogP contribution < -0.4 is 5.32 Å². The van der Waals surface area contributed by atoms with E-state index in [-0.39, 0.29) is 0 Å². The molecule has 1 fully saturated rings. The molecule has 19 heavy (non-hydrogen) atoms. The lowest BCUT2D eigenvalue weighted by atomic mass is 10.3. The first-order valence-corrected chi connectivity index (χ1v) is 7.23. The lowest BCUT2D eigenvalue weighted by Gasteiger charge is -2.07. The third-order valence-electron chi connectivity index (χ3n) is 3.02. The van der Waals surface area contributed by atoms with Crippen molar-refractivity contribution in [1.29, 1.82) is 0 Å². The first-order valence-electron chi connectivity index (χ1n) is 6.44. The van der Waals surface area contributed by atoms with Crippen LogP contribution in [-0.4, -0.2) is 31.7 Å². The first-order chi connectivity index (χ1) is 9.31. The number of aromatic amines is 1. The van der Waals surface area contributed by atoms with Crippen LogP contribution in [-0.2, 0) is 6.42 Å². The summed E-state index contributed by atoms with van der Waals surface area (Å²) in [5.74, 6) is 3.32. The zero-order valence-corrected chi connectivity index (χ0v) is 12.0. The maximum atomic E-state index is 4.54. The molecule has 0 aliphatic heterocycles. The van der Waals surface area contributed by atoms with Gasteiger partial charge in [0.05, 0.1) is 0 Å². The minimum absolute atomic E-state index is 0.562. The molecule has 2 N–H and O–H groups in total. The van der Waals surface area contributed by atoms with E-state index >= 15 is 0 Å². The fraction of sp³-hybridized carbons (Fsp3) is 0.500. The zero-order chi connectivity index (χ0) is 13.1. The molecule has 0 atom stereocenters. The Morgan fingerprint density at radius 2 is 2.26 bits per heavy atom. The molecule has 2 heterocycles. The monoisotopic (exact) mass is 322 g/mol. The molecule has 0 radical (unpaired) electrons. The Balaban J connectivity index is 1.51. The summed E-state index contributed by atoms with van der Waals surface area (Å²) >= 11 is 3.44. The number of H-pyrrole nitrogens is 1. The molecular weight excluding hydrogens is 308 g/mol. The lowest BCUT2D eigenvalue weighted by molar-refractivity contribution is 0.800. The highest BCUT2D eigenvalue weighted by molar-refractivity contribution is 9.10. The predicted molar refractivity (Wildman–Crippen MR) is 74.9 cm³/mol. The van der Waals surface area contributed by atoms with E-state index in [1.54, 1.807) is 0 Å². The zero-order valence-electron chi connectivity index (χ0n) is 10.4. The molecule has 1 aliphatic carbocycles. The highest BCUT2D eigenvalue weighted by Crippen LogP contribution is 2.38. The van der Waals surface area contributed by atoms with E-state index in [1.165, 1.54) is 19.2 Å². The molecule has 0 aromatic carbocycles. The Morgan fingerprint density at radius 3 is 3.00 bits per heavy atom. The summed E-state index contributed by atoms with van der Waals surface area (Å²) in [4.78, 5) is 13.0. The number of rotatable bonds is 6. The highest BCUT2D eigenvalue weighted by Gasteiger charge is 2.27. The maximum Gasteiger partial charge on any atom is 0.137 e. The van der Waals surface area contributed by atoms with Gasteiger partial charge in [0.15, 0.2) is 0 Å². The van der Waals surface area contributed by atoms with Gasteiger partial charge in [-0.2, -0.15) is 5.10 Å². The number of nitrogens with zero attached hydrogens (tertiary/aromatic N) is 4. The third kappa shape index (κ3) is 3.50. The quantitative estimate of drug-likeness (QED) is 0.630. The van der Waals surface area contributed by atoms with E-state index in [0.29, 0.717) is 5.92 Å². The molecule has 0 unspecified atom stereocenters. The minimum atomic E-state index is 0.562. The van der Waals surface area contributed by atoms with Crippen LogP contribution in [0.1, 0.15) is 36.8 Å². The van der Waals surface area contributed by atoms with Gasteiger partial charge in [-0.05, 0) is 35.2 Å². The van der Waals surface area contributed by atoms with Gasteiger partial charge >= 0.3 is 0 Å². The van der Waals surface area contributed by atoms with Crippen LogP contribution in [0.4, 0.5) is 5.82 Å². The molecule has 0 saturated heterocycles. The Kier molecular flexibility index (Phi) is 3.72. The van der Waals surface area contributed by atoms with Crippen LogP contribution in [0, 0.1) is 0 Å². The van der Waals surface area contributed by atoms with Crippen molar-refractivity contribution in [2.45, 2.75) is 31.6 Å². The topological polar surface area (TPSA) is 79.4 Å². The van der Waals surface area contributed by atoms with Crippen LogP contribution in [0.2, 0.25) is 0 Å². The molecular formula is C12H15BrN6. The average Bonchev–Trinajstić information content (AvgIpc) is 3.12. The minimum Gasteiger partial charge on any atom is -0.370 e. The normalized spacial score (nSPS) is 14.6. The molecule has 1 saturated carbocycles. The summed E-state index contributed by atoms with van der Waals surface area (Å²) < 4.78 is 0.849. The molecule has 3 rings (SSSR count). The van der Waals surface area contributed by atoms with Gasteiger partial charge in [-0.25, -0.2) is 15.0 Å². The van der Waals surface area contributed by atoms with E-state index in [1.807, 2.05) is 6.07 Å². The van der Waals surface area contributed by atoms with Gasteiger partial charge in [0.2, 0.25) is 0 Å². The summed E-state index contributed by atoms with van der Waals surface area (Å²) in [6.45, 7) is 0.855. The third-order valence-corrected chi connectivity index (χ3v) is 3.42. The van der Waals surface area contributed by atoms with Gasteiger partial charge < -0.3 is 5.32 Å². The van der Waals surface area contributed by atoms with E-state index in [4.69, 9.17) is 0 Å². The van der Waals surface area contributed by atoms with Crippen LogP contribution >= 0.6 is 15.9 Å². The van der Waals surface area contributed by atoms with E-state index in [2.05, 4.69) is 46.4 Å². The van der Waals surface area contributed by atoms with Crippen molar-refractivity contribution in [2.24, 2.45) is 0 Å². The standard InChI is InChI=1S/C12H15BrN6/c13-9-6-11(18-12(17-9)8-3-4-8)14-5-1-2-10-15-7-16-19-10/h6-8H,1-5H2,(H,14,17,18)(H,15,16,19). The number of anilines is 1. The fourth-order valence-electron chi connectivity index (χ4n) is 1.87. The second-order valence-corrected chi connectivity index (χ2v) is 5.48. The van der Waals surface area contributed by atoms with Gasteiger partial charge in [0, 0.05) is 24.9 Å². The molecule has 7 heteroatoms. The summed E-state index contributed by atoms with van der Waals surface area (Å²) in [6, 6.07) is 1.92. The van der Waals surface area contributed by atoms with E-state index in [9.17, 15) is 0 Å². The van der Waals surface area contributed by atoms with Crippen LogP contribution in [0.25, 0.3) is 0 Å². The van der Waals surface area contributed by atoms with Gasteiger partial charge in [-0.1, -0.05) is 0 Å². The predicted octanol–water partition coefficient (Wildman–Crippen LogP) is 2.28. The van der Waals surface area contributed by atoms with Gasteiger partial charge in [-0.15, -0.1) is 0 Å². The summed E-state index contributed by atoms with van der Waals surface area (Å²) in [7, 11) is 0. The van der Waals surface area contributed by atoms with Crippen molar-refractivity contribution in [2.75, 3.05) is 11.9 Å². The Labute approximate surface area is 119 Å². The smallest absolute Gasteiger partial charge is 0.137 e. The SMILES string of the molecule is Brc1cc(NCCCc2ncn[nH]2)nc(C2CC2)n1. The molecule has 2 aromatic heterocycles. The maximum absolute atomic E-state index is 4.54. The van der Waals surface area contributed by atoms with Crippen LogP contribution in [0.3, 0.4) is 0 Å². The van der Waals surface area contributed by atoms with Crippen molar-refractivity contribution in [3.05, 3.63) is 28.6 Å². The lowest BCUT2D eigenvalue weighted by Crippen LogP contribution is -2.07. The molecule has 6 nitrogen and oxygen atoms in total. The Morgan fingerprint density at radius 1 is 1.37 bits per heavy atom. The van der Waals surface area contributed by atoms with Crippen LogP contribution in [0.5, 0.6) is 0 Å². The molecule has 1 aliphatic rings. The number of halogens is 1. The van der Waals surface area contributed by atoms with Crippen LogP contribution in [0.15, 0.2) is 17.0 Å². The van der Waals surface area contributed by atoms with Crippen molar-refractivity contribution < 1.29 is 0 Å². The summed E-state index contributed by atoms with van der Waals surface area (Å²) in [6.07, 6.45) is 5.82. The molecule has 2 aromatic rings. The van der Waals surface area contributed by atoms with Crippen molar-refractivity contribution in [3.63, 3.8) is 0 Å².